The number of hydrogen-bond acceptors (Lipinski definition) is 6. The van der Waals surface area contributed by atoms with Gasteiger partial charge >= 0.3 is 5.97 Å². The van der Waals surface area contributed by atoms with Crippen molar-refractivity contribution in [3.63, 3.8) is 0 Å². The van der Waals surface area contributed by atoms with Gasteiger partial charge in [0.1, 0.15) is 6.04 Å². The Morgan fingerprint density at radius 3 is 2.76 bits per heavy atom. The third kappa shape index (κ3) is 3.28. The topological polar surface area (TPSA) is 69.0 Å². The lowest BCUT2D eigenvalue weighted by Crippen LogP contribution is -2.30. The van der Waals surface area contributed by atoms with Crippen molar-refractivity contribution in [3.8, 4) is 0 Å². The number of rotatable bonds is 5. The van der Waals surface area contributed by atoms with Crippen LogP contribution < -0.4 is 5.32 Å². The molecule has 132 valence electrons. The lowest BCUT2D eigenvalue weighted by atomic mass is 9.93. The minimum absolute atomic E-state index is 0.327. The van der Waals surface area contributed by atoms with Crippen LogP contribution in [0.5, 0.6) is 0 Å². The maximum atomic E-state index is 12.7. The van der Waals surface area contributed by atoms with E-state index >= 15 is 0 Å². The van der Waals surface area contributed by atoms with Crippen LogP contribution in [0.1, 0.15) is 37.9 Å². The largest absolute Gasteiger partial charge is 0.463 e. The maximum absolute atomic E-state index is 12.7. The van der Waals surface area contributed by atoms with E-state index in [1.165, 1.54) is 0 Å². The Labute approximate surface area is 151 Å². The van der Waals surface area contributed by atoms with Gasteiger partial charge in [-0.1, -0.05) is 43.0 Å². The number of allylic oxidation sites excluding steroid dienone is 1. The first-order chi connectivity index (χ1) is 12.1. The van der Waals surface area contributed by atoms with Gasteiger partial charge < -0.3 is 10.1 Å². The number of nitrogens with one attached hydrogen (secondary N) is 1. The van der Waals surface area contributed by atoms with Crippen LogP contribution >= 0.6 is 11.8 Å². The van der Waals surface area contributed by atoms with Gasteiger partial charge in [0.2, 0.25) is 11.1 Å². The maximum Gasteiger partial charge on any atom is 0.338 e. The molecule has 0 radical (unpaired) electrons. The predicted octanol–water partition coefficient (Wildman–Crippen LogP) is 3.55. The number of thioether (sulfide) groups is 1. The van der Waals surface area contributed by atoms with E-state index in [9.17, 15) is 4.79 Å². The Morgan fingerprint density at radius 1 is 1.32 bits per heavy atom. The zero-order valence-electron chi connectivity index (χ0n) is 14.9. The molecule has 0 saturated carbocycles. The number of aryl methyl sites for hydroxylation is 1. The Kier molecular flexibility index (Phi) is 5.13. The summed E-state index contributed by atoms with van der Waals surface area (Å²) in [5, 5.41) is 8.53. The molecule has 3 rings (SSSR count). The van der Waals surface area contributed by atoms with Crippen molar-refractivity contribution in [2.45, 2.75) is 38.9 Å². The molecule has 0 amide bonds. The number of fused-ring (bicyclic) bond motifs is 1. The van der Waals surface area contributed by atoms with E-state index in [1.54, 1.807) is 16.4 Å². The van der Waals surface area contributed by atoms with E-state index in [0.717, 1.165) is 22.6 Å². The molecule has 2 heterocycles. The summed E-state index contributed by atoms with van der Waals surface area (Å²) in [5.74, 6) is 1.21. The molecule has 6 nitrogen and oxygen atoms in total. The highest BCUT2D eigenvalue weighted by molar-refractivity contribution is 7.99. The van der Waals surface area contributed by atoms with E-state index in [4.69, 9.17) is 4.74 Å². The summed E-state index contributed by atoms with van der Waals surface area (Å²) in [4.78, 5) is 17.2. The smallest absolute Gasteiger partial charge is 0.338 e. The normalized spacial score (nSPS) is 16.4. The fraction of sp³-hybridized carbons (Fsp3) is 0.389. The minimum atomic E-state index is -0.352. The quantitative estimate of drug-likeness (QED) is 0.651. The van der Waals surface area contributed by atoms with E-state index in [-0.39, 0.29) is 12.0 Å². The molecule has 0 bridgehead atoms. The van der Waals surface area contributed by atoms with Crippen LogP contribution in [0.3, 0.4) is 0 Å². The highest BCUT2D eigenvalue weighted by Crippen LogP contribution is 2.37. The average Bonchev–Trinajstić information content (AvgIpc) is 2.96. The lowest BCUT2D eigenvalue weighted by Gasteiger charge is -2.28. The van der Waals surface area contributed by atoms with E-state index in [2.05, 4.69) is 22.3 Å². The number of aromatic nitrogens is 3. The molecular formula is C18H22N4O2S. The molecule has 0 aliphatic carbocycles. The zero-order valence-corrected chi connectivity index (χ0v) is 15.7. The molecule has 1 aliphatic rings. The number of carbonyl (C=O) groups excluding carboxylic acids is 1. The molecule has 1 aromatic heterocycles. The number of anilines is 1. The molecule has 0 spiro atoms. The van der Waals surface area contributed by atoms with Crippen molar-refractivity contribution in [2.75, 3.05) is 17.7 Å². The molecule has 1 N–H and O–H groups in total. The second-order valence-corrected chi connectivity index (χ2v) is 6.97. The van der Waals surface area contributed by atoms with Gasteiger partial charge in [-0.25, -0.2) is 9.48 Å². The van der Waals surface area contributed by atoms with Gasteiger partial charge in [-0.05, 0) is 37.7 Å². The molecule has 1 aliphatic heterocycles. The van der Waals surface area contributed by atoms with Crippen molar-refractivity contribution in [1.29, 1.82) is 0 Å². The molecule has 7 heteroatoms. The van der Waals surface area contributed by atoms with Crippen molar-refractivity contribution in [3.05, 3.63) is 46.7 Å². The summed E-state index contributed by atoms with van der Waals surface area (Å²) < 4.78 is 7.10. The number of ether oxygens (including phenoxy) is 1. The highest BCUT2D eigenvalue weighted by Gasteiger charge is 2.35. The Balaban J connectivity index is 2.17. The van der Waals surface area contributed by atoms with Crippen molar-refractivity contribution in [1.82, 2.24) is 14.8 Å². The molecule has 1 atom stereocenters. The number of hydrogen-bond donors (Lipinski definition) is 1. The Bertz CT molecular complexity index is 828. The van der Waals surface area contributed by atoms with Gasteiger partial charge in [-0.15, -0.1) is 5.10 Å². The van der Waals surface area contributed by atoms with Crippen LogP contribution in [0.4, 0.5) is 5.95 Å². The average molecular weight is 358 g/mol. The molecule has 0 fully saturated rings. The van der Waals surface area contributed by atoms with Gasteiger partial charge in [0.05, 0.1) is 12.2 Å². The van der Waals surface area contributed by atoms with Crippen molar-refractivity contribution in [2.24, 2.45) is 0 Å². The number of carbonyl (C=O) groups is 1. The number of esters is 1. The Hall–Kier alpha value is -2.28. The summed E-state index contributed by atoms with van der Waals surface area (Å²) in [6, 6.07) is 7.67. The fourth-order valence-corrected chi connectivity index (χ4v) is 3.53. The first-order valence-electron chi connectivity index (χ1n) is 8.36. The van der Waals surface area contributed by atoms with Crippen LogP contribution in [-0.2, 0) is 9.53 Å². The molecule has 2 aromatic rings. The van der Waals surface area contributed by atoms with Gasteiger partial charge in [-0.2, -0.15) is 4.98 Å². The summed E-state index contributed by atoms with van der Waals surface area (Å²) in [5.41, 5.74) is 3.43. The second kappa shape index (κ2) is 7.31. The van der Waals surface area contributed by atoms with Crippen molar-refractivity contribution >= 4 is 23.7 Å². The molecule has 0 saturated heterocycles. The number of nitrogens with zero attached hydrogens (tertiary/aromatic N) is 3. The standard InChI is InChI=1S/C18H22N4O2S/c1-5-24-16(23)14-12(4)19-17-20-18(25-6-2)21-22(17)15(14)13-10-8-7-9-11(13)3/h7-10,15H,5-6H2,1-4H3,(H,19,20,21). The fourth-order valence-electron chi connectivity index (χ4n) is 2.98. The van der Waals surface area contributed by atoms with Crippen molar-refractivity contribution < 1.29 is 9.53 Å². The van der Waals surface area contributed by atoms with Crippen LogP contribution in [0.15, 0.2) is 40.7 Å². The SMILES string of the molecule is CCOC(=O)C1=C(C)Nc2nc(SCC)nn2C1c1ccccc1C. The van der Waals surface area contributed by atoms with Gasteiger partial charge in [0, 0.05) is 5.70 Å². The first kappa shape index (κ1) is 17.5. The van der Waals surface area contributed by atoms with Crippen LogP contribution in [0.25, 0.3) is 0 Å². The molecule has 1 aromatic carbocycles. The zero-order chi connectivity index (χ0) is 18.0. The minimum Gasteiger partial charge on any atom is -0.463 e. The summed E-state index contributed by atoms with van der Waals surface area (Å²) >= 11 is 1.57. The van der Waals surface area contributed by atoms with E-state index in [0.29, 0.717) is 23.3 Å². The molecule has 25 heavy (non-hydrogen) atoms. The Morgan fingerprint density at radius 2 is 2.08 bits per heavy atom. The first-order valence-corrected chi connectivity index (χ1v) is 9.35. The lowest BCUT2D eigenvalue weighted by molar-refractivity contribution is -0.139. The van der Waals surface area contributed by atoms with Gasteiger partial charge in [-0.3, -0.25) is 0 Å². The van der Waals surface area contributed by atoms with Gasteiger partial charge in [0.15, 0.2) is 0 Å². The second-order valence-electron chi connectivity index (χ2n) is 5.74. The highest BCUT2D eigenvalue weighted by atomic mass is 32.2. The summed E-state index contributed by atoms with van der Waals surface area (Å²) in [6.07, 6.45) is 0. The summed E-state index contributed by atoms with van der Waals surface area (Å²) in [7, 11) is 0. The monoisotopic (exact) mass is 358 g/mol. The third-order valence-electron chi connectivity index (χ3n) is 4.08. The molecular weight excluding hydrogens is 336 g/mol. The van der Waals surface area contributed by atoms with E-state index < -0.39 is 0 Å². The summed E-state index contributed by atoms with van der Waals surface area (Å²) in [6.45, 7) is 8.11. The van der Waals surface area contributed by atoms with Crippen LogP contribution in [0.2, 0.25) is 0 Å². The number of benzene rings is 1. The van der Waals surface area contributed by atoms with Crippen LogP contribution in [0, 0.1) is 6.92 Å². The van der Waals surface area contributed by atoms with Gasteiger partial charge in [0.25, 0.3) is 0 Å². The van der Waals surface area contributed by atoms with Crippen LogP contribution in [-0.4, -0.2) is 33.1 Å². The molecule has 1 unspecified atom stereocenters. The predicted molar refractivity (Wildman–Crippen MR) is 98.7 cm³/mol. The van der Waals surface area contributed by atoms with E-state index in [1.807, 2.05) is 45.0 Å². The third-order valence-corrected chi connectivity index (χ3v) is 4.80.